The number of sulfone groups is 1. The first kappa shape index (κ1) is 24.0. The molecule has 2 aromatic carbocycles. The van der Waals surface area contributed by atoms with Gasteiger partial charge in [-0.2, -0.15) is 4.98 Å². The minimum Gasteiger partial charge on any atom is -0.447 e. The lowest BCUT2D eigenvalue weighted by Gasteiger charge is -2.23. The van der Waals surface area contributed by atoms with Crippen LogP contribution in [0.4, 0.5) is 16.6 Å². The number of hydrogen-bond acceptors (Lipinski definition) is 7. The third-order valence-electron chi connectivity index (χ3n) is 5.72. The number of amides is 1. The molecule has 1 saturated heterocycles. The normalized spacial score (nSPS) is 17.0. The summed E-state index contributed by atoms with van der Waals surface area (Å²) in [7, 11) is -3.64. The maximum Gasteiger partial charge on any atom is 0.415 e. The Morgan fingerprint density at radius 2 is 1.65 bits per heavy atom. The van der Waals surface area contributed by atoms with Crippen LogP contribution in [0.5, 0.6) is 0 Å². The summed E-state index contributed by atoms with van der Waals surface area (Å²) in [6.45, 7) is 6.29. The van der Waals surface area contributed by atoms with E-state index in [9.17, 15) is 13.2 Å². The monoisotopic (exact) mass is 500 g/mol. The Bertz CT molecular complexity index is 1280. The largest absolute Gasteiger partial charge is 0.447 e. The first-order valence-electron chi connectivity index (χ1n) is 10.8. The molecule has 1 amide bonds. The van der Waals surface area contributed by atoms with Gasteiger partial charge in [0.2, 0.25) is 15.8 Å². The van der Waals surface area contributed by atoms with E-state index < -0.39 is 15.9 Å². The number of hydrogen-bond donors (Lipinski definition) is 1. The van der Waals surface area contributed by atoms with Crippen LogP contribution < -0.4 is 10.2 Å². The molecule has 0 spiro atoms. The Kier molecular flexibility index (Phi) is 6.77. The second-order valence-corrected chi connectivity index (χ2v) is 10.8. The third-order valence-corrected chi connectivity index (χ3v) is 7.76. The molecule has 1 aromatic heterocycles. The summed E-state index contributed by atoms with van der Waals surface area (Å²) in [4.78, 5) is 22.9. The van der Waals surface area contributed by atoms with Gasteiger partial charge in [0.15, 0.2) is 0 Å². The lowest BCUT2D eigenvalue weighted by molar-refractivity contribution is 0.177. The quantitative estimate of drug-likeness (QED) is 0.480. The third kappa shape index (κ3) is 4.85. The van der Waals surface area contributed by atoms with Gasteiger partial charge in [0.25, 0.3) is 0 Å². The minimum atomic E-state index is -3.64. The Morgan fingerprint density at radius 3 is 2.26 bits per heavy atom. The van der Waals surface area contributed by atoms with Gasteiger partial charge in [0.05, 0.1) is 21.9 Å². The predicted octanol–water partition coefficient (Wildman–Crippen LogP) is 5.12. The zero-order valence-corrected chi connectivity index (χ0v) is 20.5. The van der Waals surface area contributed by atoms with Crippen LogP contribution in [0.25, 0.3) is 0 Å². The molecule has 0 aliphatic carbocycles. The van der Waals surface area contributed by atoms with E-state index in [1.165, 1.54) is 12.1 Å². The fourth-order valence-electron chi connectivity index (χ4n) is 3.71. The summed E-state index contributed by atoms with van der Waals surface area (Å²) in [5.74, 6) is 1.03. The van der Waals surface area contributed by atoms with E-state index in [-0.39, 0.29) is 27.8 Å². The molecule has 1 aliphatic heterocycles. The molecule has 0 radical (unpaired) electrons. The Morgan fingerprint density at radius 1 is 1.03 bits per heavy atom. The van der Waals surface area contributed by atoms with E-state index in [4.69, 9.17) is 16.3 Å². The highest BCUT2D eigenvalue weighted by atomic mass is 35.5. The Hall–Kier alpha value is -3.17. The topological polar surface area (TPSA) is 101 Å². The number of carbonyl (C=O) groups excluding carboxylic acids is 1. The molecular formula is C24H25ClN4O4S. The van der Waals surface area contributed by atoms with Gasteiger partial charge in [0, 0.05) is 11.2 Å². The van der Waals surface area contributed by atoms with Crippen LogP contribution in [0.3, 0.4) is 0 Å². The smallest absolute Gasteiger partial charge is 0.415 e. The number of ether oxygens (including phenoxy) is 1. The fourth-order valence-corrected chi connectivity index (χ4v) is 5.09. The number of aromatic nitrogens is 2. The highest BCUT2D eigenvalue weighted by Gasteiger charge is 2.37. The van der Waals surface area contributed by atoms with Gasteiger partial charge >= 0.3 is 6.09 Å². The number of anilines is 2. The summed E-state index contributed by atoms with van der Waals surface area (Å²) in [5, 5.41) is 3.69. The van der Waals surface area contributed by atoms with Gasteiger partial charge < -0.3 is 10.1 Å². The number of rotatable bonds is 7. The average Bonchev–Trinajstić information content (AvgIpc) is 3.21. The molecule has 1 fully saturated rings. The molecule has 2 heterocycles. The maximum absolute atomic E-state index is 12.9. The number of carbonyl (C=O) groups is 1. The van der Waals surface area contributed by atoms with Crippen molar-refractivity contribution in [2.24, 2.45) is 5.92 Å². The number of halogens is 1. The van der Waals surface area contributed by atoms with Crippen molar-refractivity contribution in [3.05, 3.63) is 71.4 Å². The van der Waals surface area contributed by atoms with Gasteiger partial charge in [-0.25, -0.2) is 18.2 Å². The number of nitrogens with one attached hydrogen (secondary N) is 1. The summed E-state index contributed by atoms with van der Waals surface area (Å²) in [6, 6.07) is 14.1. The van der Waals surface area contributed by atoms with E-state index in [2.05, 4.69) is 15.3 Å². The molecule has 178 valence electrons. The summed E-state index contributed by atoms with van der Waals surface area (Å²) in [5.41, 5.74) is 0.852. The van der Waals surface area contributed by atoms with Crippen molar-refractivity contribution in [3.63, 3.8) is 0 Å². The number of cyclic esters (lactones) is 1. The number of nitrogens with zero attached hydrogens (tertiary/aromatic N) is 3. The molecule has 0 saturated carbocycles. The van der Waals surface area contributed by atoms with Gasteiger partial charge in [0.1, 0.15) is 12.4 Å². The molecular weight excluding hydrogens is 476 g/mol. The van der Waals surface area contributed by atoms with Crippen molar-refractivity contribution in [3.8, 4) is 0 Å². The molecule has 1 N–H and O–H groups in total. The van der Waals surface area contributed by atoms with Crippen LogP contribution in [-0.2, 0) is 14.6 Å². The molecule has 4 rings (SSSR count). The van der Waals surface area contributed by atoms with Gasteiger partial charge in [-0.15, -0.1) is 0 Å². The predicted molar refractivity (Wildman–Crippen MR) is 130 cm³/mol. The summed E-state index contributed by atoms with van der Waals surface area (Å²) in [6.07, 6.45) is 1.16. The SMILES string of the molecule is CC(C)[C@H]1COC(=O)N1c1ccnc(N[C@@H](C)c2ccc(S(=O)(=O)c3ccc(Cl)cc3)cc2)n1. The molecule has 0 unspecified atom stereocenters. The highest BCUT2D eigenvalue weighted by molar-refractivity contribution is 7.91. The average molecular weight is 501 g/mol. The molecule has 3 aromatic rings. The van der Waals surface area contributed by atoms with Crippen molar-refractivity contribution in [1.29, 1.82) is 0 Å². The van der Waals surface area contributed by atoms with Crippen LogP contribution in [0.1, 0.15) is 32.4 Å². The van der Waals surface area contributed by atoms with E-state index in [0.29, 0.717) is 23.4 Å². The lowest BCUT2D eigenvalue weighted by atomic mass is 10.0. The van der Waals surface area contributed by atoms with Crippen LogP contribution in [0.15, 0.2) is 70.6 Å². The zero-order valence-electron chi connectivity index (χ0n) is 19.0. The molecule has 10 heteroatoms. The highest BCUT2D eigenvalue weighted by Crippen LogP contribution is 2.28. The van der Waals surface area contributed by atoms with Crippen molar-refractivity contribution in [2.75, 3.05) is 16.8 Å². The standard InChI is InChI=1S/C24H25ClN4O4S/c1-15(2)21-14-33-24(30)29(21)22-12-13-26-23(28-22)27-16(3)17-4-8-19(9-5-17)34(31,32)20-10-6-18(25)7-11-20/h4-13,15-16,21H,14H2,1-3H3,(H,26,27,28)/t16-,21+/m0/s1. The van der Waals surface area contributed by atoms with E-state index >= 15 is 0 Å². The van der Waals surface area contributed by atoms with Crippen LogP contribution in [0.2, 0.25) is 5.02 Å². The molecule has 34 heavy (non-hydrogen) atoms. The Labute approximate surface area is 203 Å². The van der Waals surface area contributed by atoms with Crippen molar-refractivity contribution < 1.29 is 17.9 Å². The molecule has 0 bridgehead atoms. The molecule has 1 aliphatic rings. The van der Waals surface area contributed by atoms with Crippen molar-refractivity contribution in [2.45, 2.75) is 42.6 Å². The molecule has 8 nitrogen and oxygen atoms in total. The van der Waals surface area contributed by atoms with Gasteiger partial charge in [-0.1, -0.05) is 37.6 Å². The van der Waals surface area contributed by atoms with E-state index in [0.717, 1.165) is 5.56 Å². The van der Waals surface area contributed by atoms with Gasteiger partial charge in [-0.3, -0.25) is 4.90 Å². The lowest BCUT2D eigenvalue weighted by Crippen LogP contribution is -2.37. The first-order valence-corrected chi connectivity index (χ1v) is 12.7. The first-order chi connectivity index (χ1) is 16.2. The van der Waals surface area contributed by atoms with Crippen LogP contribution in [-0.4, -0.2) is 37.1 Å². The second-order valence-electron chi connectivity index (χ2n) is 8.39. The van der Waals surface area contributed by atoms with Crippen LogP contribution >= 0.6 is 11.6 Å². The van der Waals surface area contributed by atoms with Gasteiger partial charge in [-0.05, 0) is 60.9 Å². The summed E-state index contributed by atoms with van der Waals surface area (Å²) >= 11 is 5.87. The fraction of sp³-hybridized carbons (Fsp3) is 0.292. The van der Waals surface area contributed by atoms with Crippen molar-refractivity contribution in [1.82, 2.24) is 9.97 Å². The van der Waals surface area contributed by atoms with Crippen LogP contribution in [0, 0.1) is 5.92 Å². The van der Waals surface area contributed by atoms with E-state index in [1.807, 2.05) is 20.8 Å². The zero-order chi connectivity index (χ0) is 24.5. The minimum absolute atomic E-state index is 0.0946. The second kappa shape index (κ2) is 9.60. The Balaban J connectivity index is 1.50. The molecule has 2 atom stereocenters. The number of benzene rings is 2. The van der Waals surface area contributed by atoms with E-state index in [1.54, 1.807) is 53.6 Å². The maximum atomic E-state index is 12.9. The summed E-state index contributed by atoms with van der Waals surface area (Å²) < 4.78 is 30.9. The van der Waals surface area contributed by atoms with Crippen molar-refractivity contribution >= 4 is 39.3 Å².